The second kappa shape index (κ2) is 13.1. The molecule has 0 saturated heterocycles. The van der Waals surface area contributed by atoms with Gasteiger partial charge < -0.3 is 18.9 Å². The Labute approximate surface area is 236 Å². The summed E-state index contributed by atoms with van der Waals surface area (Å²) in [5, 5.41) is 0. The van der Waals surface area contributed by atoms with Crippen molar-refractivity contribution in [1.82, 2.24) is 0 Å². The van der Waals surface area contributed by atoms with Crippen LogP contribution in [0.5, 0.6) is 0 Å². The van der Waals surface area contributed by atoms with Crippen molar-refractivity contribution in [2.24, 2.45) is 0 Å². The van der Waals surface area contributed by atoms with Gasteiger partial charge in [-0.2, -0.15) is 0 Å². The van der Waals surface area contributed by atoms with Gasteiger partial charge >= 0.3 is 23.9 Å². The van der Waals surface area contributed by atoms with E-state index in [0.717, 1.165) is 0 Å². The monoisotopic (exact) mass is 552 g/mol. The van der Waals surface area contributed by atoms with Crippen molar-refractivity contribution >= 4 is 23.9 Å². The zero-order valence-electron chi connectivity index (χ0n) is 24.7. The molecule has 4 bridgehead atoms. The van der Waals surface area contributed by atoms with Gasteiger partial charge in [0.05, 0.1) is 46.7 Å². The van der Waals surface area contributed by atoms with Gasteiger partial charge in [-0.05, 0) is 103 Å². The van der Waals surface area contributed by atoms with Gasteiger partial charge in [-0.25, -0.2) is 19.2 Å². The van der Waals surface area contributed by atoms with E-state index in [0.29, 0.717) is 47.9 Å². The van der Waals surface area contributed by atoms with E-state index in [9.17, 15) is 19.2 Å². The predicted molar refractivity (Wildman–Crippen MR) is 150 cm³/mol. The number of rotatable bonds is 8. The summed E-state index contributed by atoms with van der Waals surface area (Å²) in [6.07, 6.45) is -0.386. The van der Waals surface area contributed by atoms with E-state index in [1.54, 1.807) is 55.4 Å². The first-order chi connectivity index (χ1) is 18.8. The lowest BCUT2D eigenvalue weighted by Crippen LogP contribution is -2.25. The quantitative estimate of drug-likeness (QED) is 0.298. The van der Waals surface area contributed by atoms with Gasteiger partial charge in [0.15, 0.2) is 0 Å². The summed E-state index contributed by atoms with van der Waals surface area (Å²) in [6.45, 7) is 14.0. The molecule has 8 heteroatoms. The SMILES string of the molecule is CC(C)OC(=O)c1c2ccc(c1C(=O)OC(C)C)CCc1ccc(c(C(=O)OC(C)C)c1C(=O)OC(C)C)CC2. The molecule has 0 saturated carbocycles. The first-order valence-electron chi connectivity index (χ1n) is 13.9. The summed E-state index contributed by atoms with van der Waals surface area (Å²) in [7, 11) is 0. The molecular formula is C32H40O8. The number of carbonyl (C=O) groups is 4. The molecule has 0 aromatic heterocycles. The third-order valence-corrected chi connectivity index (χ3v) is 6.27. The number of hydrogen-bond acceptors (Lipinski definition) is 8. The van der Waals surface area contributed by atoms with Crippen molar-refractivity contribution in [3.05, 3.63) is 68.8 Å². The van der Waals surface area contributed by atoms with Gasteiger partial charge in [0.2, 0.25) is 0 Å². The zero-order chi connectivity index (χ0) is 29.7. The molecule has 0 amide bonds. The Morgan fingerprint density at radius 2 is 0.600 bits per heavy atom. The van der Waals surface area contributed by atoms with Crippen molar-refractivity contribution in [3.63, 3.8) is 0 Å². The van der Waals surface area contributed by atoms with E-state index >= 15 is 0 Å². The topological polar surface area (TPSA) is 105 Å². The van der Waals surface area contributed by atoms with Gasteiger partial charge in [0, 0.05) is 0 Å². The summed E-state index contributed by atoms with van der Waals surface area (Å²) < 4.78 is 22.2. The van der Waals surface area contributed by atoms with Crippen LogP contribution in [0.25, 0.3) is 0 Å². The second-order valence-corrected chi connectivity index (χ2v) is 11.1. The molecule has 8 nitrogen and oxygen atoms in total. The normalized spacial score (nSPS) is 12.9. The molecule has 0 N–H and O–H groups in total. The Kier molecular flexibility index (Phi) is 10.1. The van der Waals surface area contributed by atoms with Crippen LogP contribution in [0.4, 0.5) is 0 Å². The van der Waals surface area contributed by atoms with E-state index in [4.69, 9.17) is 18.9 Å². The first-order valence-corrected chi connectivity index (χ1v) is 13.9. The Hall–Kier alpha value is -3.68. The molecule has 40 heavy (non-hydrogen) atoms. The molecule has 0 spiro atoms. The van der Waals surface area contributed by atoms with Crippen molar-refractivity contribution in [3.8, 4) is 0 Å². The molecule has 6 rings (SSSR count). The molecule has 4 aliphatic carbocycles. The van der Waals surface area contributed by atoms with Gasteiger partial charge in [0.25, 0.3) is 0 Å². The molecule has 0 unspecified atom stereocenters. The van der Waals surface area contributed by atoms with Crippen molar-refractivity contribution in [2.75, 3.05) is 0 Å². The Bertz CT molecular complexity index is 1090. The second-order valence-electron chi connectivity index (χ2n) is 11.1. The lowest BCUT2D eigenvalue weighted by molar-refractivity contribution is 0.0324. The molecule has 0 radical (unpaired) electrons. The fourth-order valence-corrected chi connectivity index (χ4v) is 4.77. The number of carbonyl (C=O) groups excluding carboxylic acids is 4. The Morgan fingerprint density at radius 1 is 0.425 bits per heavy atom. The van der Waals surface area contributed by atoms with Crippen LogP contribution in [0, 0.1) is 0 Å². The van der Waals surface area contributed by atoms with Gasteiger partial charge in [-0.1, -0.05) is 24.3 Å². The Morgan fingerprint density at radius 3 is 0.750 bits per heavy atom. The molecule has 216 valence electrons. The van der Waals surface area contributed by atoms with E-state index in [2.05, 4.69) is 0 Å². The summed E-state index contributed by atoms with van der Waals surface area (Å²) >= 11 is 0. The standard InChI is InChI=1S/C32H40O8/c1-17(2)37-29(33)25-21-9-10-22(26(25)30(34)38-18(3)4)15-16-24-12-11-23(14-13-21)27(31(35)39-19(5)6)28(24)32(36)40-20(7)8/h9-12,17-20H,13-16H2,1-8H3. The molecule has 4 aliphatic rings. The van der Waals surface area contributed by atoms with E-state index in [1.165, 1.54) is 0 Å². The van der Waals surface area contributed by atoms with Crippen molar-refractivity contribution in [1.29, 1.82) is 0 Å². The van der Waals surface area contributed by atoms with Gasteiger partial charge in [0.1, 0.15) is 0 Å². The zero-order valence-corrected chi connectivity index (χ0v) is 24.7. The van der Waals surface area contributed by atoms with E-state index in [1.807, 2.05) is 24.3 Å². The number of benzene rings is 2. The van der Waals surface area contributed by atoms with Crippen molar-refractivity contribution < 1.29 is 38.1 Å². The smallest absolute Gasteiger partial charge is 0.339 e. The van der Waals surface area contributed by atoms with E-state index < -0.39 is 48.3 Å². The molecule has 2 aromatic carbocycles. The van der Waals surface area contributed by atoms with Crippen LogP contribution in [0.2, 0.25) is 0 Å². The minimum absolute atomic E-state index is 0.178. The number of esters is 4. The Balaban J connectivity index is 2.26. The van der Waals surface area contributed by atoms with Crippen LogP contribution < -0.4 is 0 Å². The van der Waals surface area contributed by atoms with Crippen LogP contribution in [0.1, 0.15) is 119 Å². The fraction of sp³-hybridized carbons (Fsp3) is 0.500. The van der Waals surface area contributed by atoms with Crippen LogP contribution >= 0.6 is 0 Å². The average Bonchev–Trinajstić information content (AvgIpc) is 2.82. The van der Waals surface area contributed by atoms with Crippen LogP contribution in [0.15, 0.2) is 24.3 Å². The number of hydrogen-bond donors (Lipinski definition) is 0. The highest BCUT2D eigenvalue weighted by molar-refractivity contribution is 6.06. The third kappa shape index (κ3) is 7.29. The molecule has 0 atom stereocenters. The maximum atomic E-state index is 13.4. The summed E-state index contributed by atoms with van der Waals surface area (Å²) in [4.78, 5) is 53.5. The maximum absolute atomic E-state index is 13.4. The lowest BCUT2D eigenvalue weighted by Gasteiger charge is -2.23. The predicted octanol–water partition coefficient (Wildman–Crippen LogP) is 5.83. The highest BCUT2D eigenvalue weighted by atomic mass is 16.6. The van der Waals surface area contributed by atoms with Crippen LogP contribution in [0.3, 0.4) is 0 Å². The molecular weight excluding hydrogens is 512 g/mol. The first kappa shape index (κ1) is 30.9. The fourth-order valence-electron chi connectivity index (χ4n) is 4.77. The summed E-state index contributed by atoms with van der Waals surface area (Å²) in [5.74, 6) is -2.41. The minimum Gasteiger partial charge on any atom is -0.459 e. The van der Waals surface area contributed by atoms with Gasteiger partial charge in [-0.3, -0.25) is 0 Å². The summed E-state index contributed by atoms with van der Waals surface area (Å²) in [6, 6.07) is 7.30. The summed E-state index contributed by atoms with van der Waals surface area (Å²) in [5.41, 5.74) is 3.06. The molecule has 0 aliphatic heterocycles. The van der Waals surface area contributed by atoms with E-state index in [-0.39, 0.29) is 22.3 Å². The maximum Gasteiger partial charge on any atom is 0.339 e. The average molecular weight is 553 g/mol. The van der Waals surface area contributed by atoms with Crippen molar-refractivity contribution in [2.45, 2.75) is 105 Å². The largest absolute Gasteiger partial charge is 0.459 e. The van der Waals surface area contributed by atoms with Crippen LogP contribution in [-0.4, -0.2) is 48.3 Å². The number of aryl methyl sites for hydroxylation is 4. The minimum atomic E-state index is -0.603. The molecule has 2 aromatic rings. The third-order valence-electron chi connectivity index (χ3n) is 6.27. The molecule has 0 heterocycles. The van der Waals surface area contributed by atoms with Gasteiger partial charge in [-0.15, -0.1) is 0 Å². The number of ether oxygens (including phenoxy) is 4. The lowest BCUT2D eigenvalue weighted by atomic mass is 9.85. The highest BCUT2D eigenvalue weighted by Crippen LogP contribution is 2.31. The highest BCUT2D eigenvalue weighted by Gasteiger charge is 2.31. The molecule has 0 fully saturated rings. The van der Waals surface area contributed by atoms with Crippen LogP contribution in [-0.2, 0) is 44.6 Å².